The van der Waals surface area contributed by atoms with Crippen LogP contribution >= 0.6 is 11.8 Å². The van der Waals surface area contributed by atoms with Crippen LogP contribution in [0.15, 0.2) is 28.5 Å². The molecule has 0 aliphatic heterocycles. The van der Waals surface area contributed by atoms with Gasteiger partial charge in [-0.05, 0) is 30.3 Å². The molecule has 2 heterocycles. The van der Waals surface area contributed by atoms with Crippen LogP contribution < -0.4 is 5.32 Å². The average Bonchev–Trinajstić information content (AvgIpc) is 2.70. The van der Waals surface area contributed by atoms with E-state index in [0.717, 1.165) is 22.6 Å². The first-order valence-electron chi connectivity index (χ1n) is 6.29. The van der Waals surface area contributed by atoms with E-state index in [1.54, 1.807) is 11.8 Å². The number of aryl methyl sites for hydroxylation is 1. The smallest absolute Gasteiger partial charge is 0.197 e. The fourth-order valence-electron chi connectivity index (χ4n) is 1.53. The lowest BCUT2D eigenvalue weighted by Gasteiger charge is -2.11. The van der Waals surface area contributed by atoms with E-state index in [0.29, 0.717) is 6.04 Å². The van der Waals surface area contributed by atoms with Crippen molar-refractivity contribution in [3.8, 4) is 0 Å². The molecule has 0 bridgehead atoms. The van der Waals surface area contributed by atoms with Crippen molar-refractivity contribution in [3.05, 3.63) is 29.7 Å². The Morgan fingerprint density at radius 2 is 2.16 bits per heavy atom. The van der Waals surface area contributed by atoms with Crippen molar-refractivity contribution < 1.29 is 0 Å². The molecular formula is C13H19N5S. The second kappa shape index (κ2) is 6.16. The molecule has 2 aromatic heterocycles. The third-order valence-corrected chi connectivity index (χ3v) is 3.89. The third kappa shape index (κ3) is 3.54. The molecule has 19 heavy (non-hydrogen) atoms. The normalized spacial score (nSPS) is 11.2. The quantitative estimate of drug-likeness (QED) is 0.907. The Balaban J connectivity index is 2.18. The van der Waals surface area contributed by atoms with Gasteiger partial charge in [0.15, 0.2) is 5.16 Å². The standard InChI is InChI=1S/C13H19N5S/c1-9(2)15-8-11-6-5-7-14-12(11)19-13-17-16-10(3)18(13)4/h5-7,9,15H,8H2,1-4H3. The lowest BCUT2D eigenvalue weighted by Crippen LogP contribution is -2.22. The van der Waals surface area contributed by atoms with Gasteiger partial charge in [-0.25, -0.2) is 4.98 Å². The zero-order valence-corrected chi connectivity index (χ0v) is 12.5. The monoisotopic (exact) mass is 277 g/mol. The minimum atomic E-state index is 0.454. The highest BCUT2D eigenvalue weighted by molar-refractivity contribution is 7.99. The molecule has 6 heteroatoms. The molecule has 0 radical (unpaired) electrons. The summed E-state index contributed by atoms with van der Waals surface area (Å²) in [5, 5.41) is 13.5. The molecule has 102 valence electrons. The third-order valence-electron chi connectivity index (χ3n) is 2.79. The Labute approximate surface area is 117 Å². The first-order valence-corrected chi connectivity index (χ1v) is 7.10. The van der Waals surface area contributed by atoms with E-state index in [1.807, 2.05) is 30.8 Å². The maximum atomic E-state index is 4.44. The molecule has 2 aromatic rings. The summed E-state index contributed by atoms with van der Waals surface area (Å²) < 4.78 is 1.97. The van der Waals surface area contributed by atoms with Crippen LogP contribution in [0.25, 0.3) is 0 Å². The number of nitrogens with one attached hydrogen (secondary N) is 1. The first kappa shape index (κ1) is 14.0. The van der Waals surface area contributed by atoms with E-state index >= 15 is 0 Å². The minimum absolute atomic E-state index is 0.454. The van der Waals surface area contributed by atoms with Crippen LogP contribution in [0, 0.1) is 6.92 Å². The summed E-state index contributed by atoms with van der Waals surface area (Å²) in [4.78, 5) is 4.44. The number of nitrogens with zero attached hydrogens (tertiary/aromatic N) is 4. The van der Waals surface area contributed by atoms with Crippen molar-refractivity contribution in [2.24, 2.45) is 7.05 Å². The lowest BCUT2D eigenvalue weighted by molar-refractivity contribution is 0.582. The fraction of sp³-hybridized carbons (Fsp3) is 0.462. The minimum Gasteiger partial charge on any atom is -0.310 e. The van der Waals surface area contributed by atoms with Crippen LogP contribution in [-0.4, -0.2) is 25.8 Å². The number of pyridine rings is 1. The molecule has 0 aliphatic rings. The summed E-state index contributed by atoms with van der Waals surface area (Å²) in [5.41, 5.74) is 1.18. The molecule has 0 spiro atoms. The molecule has 0 saturated carbocycles. The van der Waals surface area contributed by atoms with Crippen molar-refractivity contribution >= 4 is 11.8 Å². The van der Waals surface area contributed by atoms with E-state index in [2.05, 4.69) is 40.4 Å². The Bertz CT molecular complexity index is 550. The molecular weight excluding hydrogens is 258 g/mol. The highest BCUT2D eigenvalue weighted by Gasteiger charge is 2.11. The highest BCUT2D eigenvalue weighted by Crippen LogP contribution is 2.27. The summed E-state index contributed by atoms with van der Waals surface area (Å²) in [6, 6.07) is 4.51. The van der Waals surface area contributed by atoms with Gasteiger partial charge >= 0.3 is 0 Å². The van der Waals surface area contributed by atoms with E-state index in [-0.39, 0.29) is 0 Å². The van der Waals surface area contributed by atoms with Gasteiger partial charge in [0.1, 0.15) is 10.9 Å². The Hall–Kier alpha value is -1.40. The average molecular weight is 277 g/mol. The van der Waals surface area contributed by atoms with Gasteiger partial charge in [0.05, 0.1) is 0 Å². The van der Waals surface area contributed by atoms with Crippen LogP contribution in [0.1, 0.15) is 25.2 Å². The van der Waals surface area contributed by atoms with Crippen molar-refractivity contribution in [3.63, 3.8) is 0 Å². The molecule has 0 fully saturated rings. The second-order valence-electron chi connectivity index (χ2n) is 4.69. The van der Waals surface area contributed by atoms with Crippen LogP contribution in [0.3, 0.4) is 0 Å². The van der Waals surface area contributed by atoms with E-state index < -0.39 is 0 Å². The van der Waals surface area contributed by atoms with Crippen molar-refractivity contribution in [1.29, 1.82) is 0 Å². The second-order valence-corrected chi connectivity index (χ2v) is 5.65. The topological polar surface area (TPSA) is 55.6 Å². The molecule has 0 aromatic carbocycles. The fourth-order valence-corrected chi connectivity index (χ4v) is 2.44. The Morgan fingerprint density at radius 3 is 2.79 bits per heavy atom. The van der Waals surface area contributed by atoms with E-state index in [4.69, 9.17) is 0 Å². The van der Waals surface area contributed by atoms with Gasteiger partial charge in [-0.2, -0.15) is 0 Å². The molecule has 0 unspecified atom stereocenters. The van der Waals surface area contributed by atoms with Crippen molar-refractivity contribution in [2.75, 3.05) is 0 Å². The lowest BCUT2D eigenvalue weighted by atomic mass is 10.2. The number of aromatic nitrogens is 4. The molecule has 0 amide bonds. The number of hydrogen-bond donors (Lipinski definition) is 1. The van der Waals surface area contributed by atoms with Gasteiger partial charge in [0, 0.05) is 25.8 Å². The van der Waals surface area contributed by atoms with Crippen molar-refractivity contribution in [2.45, 2.75) is 43.5 Å². The Kier molecular flexibility index (Phi) is 4.55. The van der Waals surface area contributed by atoms with Crippen LogP contribution in [-0.2, 0) is 13.6 Å². The molecule has 1 N–H and O–H groups in total. The van der Waals surface area contributed by atoms with Crippen LogP contribution in [0.5, 0.6) is 0 Å². The first-order chi connectivity index (χ1) is 9.08. The highest BCUT2D eigenvalue weighted by atomic mass is 32.2. The van der Waals surface area contributed by atoms with Gasteiger partial charge in [0.2, 0.25) is 0 Å². The van der Waals surface area contributed by atoms with Gasteiger partial charge in [-0.3, -0.25) is 0 Å². The maximum Gasteiger partial charge on any atom is 0.197 e. The predicted molar refractivity (Wildman–Crippen MR) is 76.1 cm³/mol. The molecule has 0 atom stereocenters. The van der Waals surface area contributed by atoms with Crippen LogP contribution in [0.2, 0.25) is 0 Å². The SMILES string of the molecule is Cc1nnc(Sc2ncccc2CNC(C)C)n1C. The number of hydrogen-bond acceptors (Lipinski definition) is 5. The summed E-state index contributed by atoms with van der Waals surface area (Å²) in [7, 11) is 1.96. The Morgan fingerprint density at radius 1 is 1.37 bits per heavy atom. The van der Waals surface area contributed by atoms with Gasteiger partial charge < -0.3 is 9.88 Å². The number of rotatable bonds is 5. The summed E-state index contributed by atoms with van der Waals surface area (Å²) in [6.45, 7) is 7.02. The molecule has 5 nitrogen and oxygen atoms in total. The summed E-state index contributed by atoms with van der Waals surface area (Å²) in [5.74, 6) is 0.903. The summed E-state index contributed by atoms with van der Waals surface area (Å²) >= 11 is 1.55. The van der Waals surface area contributed by atoms with Crippen molar-refractivity contribution in [1.82, 2.24) is 25.1 Å². The van der Waals surface area contributed by atoms with Gasteiger partial charge in [-0.1, -0.05) is 19.9 Å². The predicted octanol–water partition coefficient (Wildman–Crippen LogP) is 2.17. The molecule has 2 rings (SSSR count). The van der Waals surface area contributed by atoms with Gasteiger partial charge in [0.25, 0.3) is 0 Å². The zero-order chi connectivity index (χ0) is 13.8. The maximum absolute atomic E-state index is 4.44. The summed E-state index contributed by atoms with van der Waals surface area (Å²) in [6.07, 6.45) is 1.81. The van der Waals surface area contributed by atoms with Gasteiger partial charge in [-0.15, -0.1) is 10.2 Å². The molecule has 0 saturated heterocycles. The van der Waals surface area contributed by atoms with E-state index in [9.17, 15) is 0 Å². The van der Waals surface area contributed by atoms with E-state index in [1.165, 1.54) is 5.56 Å². The zero-order valence-electron chi connectivity index (χ0n) is 11.7. The largest absolute Gasteiger partial charge is 0.310 e. The molecule has 0 aliphatic carbocycles. The van der Waals surface area contributed by atoms with Crippen LogP contribution in [0.4, 0.5) is 0 Å².